The van der Waals surface area contributed by atoms with Gasteiger partial charge in [-0.25, -0.2) is 9.78 Å². The van der Waals surface area contributed by atoms with E-state index in [9.17, 15) is 14.4 Å². The summed E-state index contributed by atoms with van der Waals surface area (Å²) in [4.78, 5) is 37.8. The van der Waals surface area contributed by atoms with Gasteiger partial charge in [0, 0.05) is 13.3 Å². The van der Waals surface area contributed by atoms with Crippen LogP contribution in [-0.4, -0.2) is 41.1 Å². The average Bonchev–Trinajstić information content (AvgIpc) is 2.72. The largest absolute Gasteiger partial charge is 0.480 e. The van der Waals surface area contributed by atoms with E-state index in [0.717, 1.165) is 0 Å². The number of hydrogen-bond donors (Lipinski definition) is 2. The molecule has 0 saturated carbocycles. The highest BCUT2D eigenvalue weighted by Crippen LogP contribution is 2.10. The minimum absolute atomic E-state index is 0.0354. The lowest BCUT2D eigenvalue weighted by atomic mass is 10.1. The third-order valence-corrected chi connectivity index (χ3v) is 2.58. The third-order valence-electron chi connectivity index (χ3n) is 2.58. The van der Waals surface area contributed by atoms with Gasteiger partial charge in [0.1, 0.15) is 6.04 Å². The molecule has 0 radical (unpaired) electrons. The van der Waals surface area contributed by atoms with Crippen molar-refractivity contribution in [2.75, 3.05) is 7.11 Å². The molecule has 0 fully saturated rings. The molecule has 20 heavy (non-hydrogen) atoms. The van der Waals surface area contributed by atoms with Gasteiger partial charge in [-0.1, -0.05) is 0 Å². The summed E-state index contributed by atoms with van der Waals surface area (Å²) >= 11 is 0. The van der Waals surface area contributed by atoms with Crippen LogP contribution in [0.15, 0.2) is 4.42 Å². The number of carbonyl (C=O) groups is 3. The SMILES string of the molecule is COC(=O)CC[C@@H](NC(=O)c1oc(C)nc1C)C(=O)O. The summed E-state index contributed by atoms with van der Waals surface area (Å²) in [5.41, 5.74) is 0.372. The van der Waals surface area contributed by atoms with Crippen molar-refractivity contribution in [3.63, 3.8) is 0 Å². The molecular weight excluding hydrogens is 268 g/mol. The molecular formula is C12H16N2O6. The summed E-state index contributed by atoms with van der Waals surface area (Å²) < 4.78 is 9.52. The summed E-state index contributed by atoms with van der Waals surface area (Å²) in [5.74, 6) is -2.19. The Hall–Kier alpha value is -2.38. The molecule has 8 heteroatoms. The molecule has 1 heterocycles. The van der Waals surface area contributed by atoms with Crippen LogP contribution in [0, 0.1) is 13.8 Å². The van der Waals surface area contributed by atoms with Gasteiger partial charge in [-0.3, -0.25) is 9.59 Å². The first-order chi connectivity index (χ1) is 9.35. The van der Waals surface area contributed by atoms with Gasteiger partial charge < -0.3 is 19.6 Å². The Kier molecular flexibility index (Phi) is 5.24. The van der Waals surface area contributed by atoms with Crippen molar-refractivity contribution in [2.45, 2.75) is 32.7 Å². The van der Waals surface area contributed by atoms with Crippen LogP contribution in [0.3, 0.4) is 0 Å². The van der Waals surface area contributed by atoms with E-state index in [2.05, 4.69) is 15.0 Å². The molecule has 0 saturated heterocycles. The van der Waals surface area contributed by atoms with E-state index in [1.807, 2.05) is 0 Å². The zero-order chi connectivity index (χ0) is 15.3. The molecule has 1 atom stereocenters. The fourth-order valence-corrected chi connectivity index (χ4v) is 1.59. The molecule has 8 nitrogen and oxygen atoms in total. The number of oxazole rings is 1. The van der Waals surface area contributed by atoms with Gasteiger partial charge >= 0.3 is 11.9 Å². The molecule has 0 aliphatic heterocycles. The first kappa shape index (κ1) is 15.7. The lowest BCUT2D eigenvalue weighted by Gasteiger charge is -2.12. The molecule has 0 aromatic carbocycles. The second-order valence-electron chi connectivity index (χ2n) is 4.13. The van der Waals surface area contributed by atoms with Crippen LogP contribution < -0.4 is 5.32 Å². The van der Waals surface area contributed by atoms with E-state index in [-0.39, 0.29) is 18.6 Å². The topological polar surface area (TPSA) is 119 Å². The van der Waals surface area contributed by atoms with Crippen molar-refractivity contribution >= 4 is 17.8 Å². The van der Waals surface area contributed by atoms with Crippen LogP contribution in [0.5, 0.6) is 0 Å². The maximum absolute atomic E-state index is 11.9. The summed E-state index contributed by atoms with van der Waals surface area (Å²) in [7, 11) is 1.21. The lowest BCUT2D eigenvalue weighted by Crippen LogP contribution is -2.41. The number of aliphatic carboxylic acids is 1. The second kappa shape index (κ2) is 6.69. The number of amides is 1. The molecule has 2 N–H and O–H groups in total. The van der Waals surface area contributed by atoms with Gasteiger partial charge in [-0.05, 0) is 13.3 Å². The van der Waals surface area contributed by atoms with Crippen LogP contribution in [0.25, 0.3) is 0 Å². The van der Waals surface area contributed by atoms with Gasteiger partial charge in [0.25, 0.3) is 5.91 Å². The van der Waals surface area contributed by atoms with Crippen molar-refractivity contribution < 1.29 is 28.6 Å². The Morgan fingerprint density at radius 3 is 2.50 bits per heavy atom. The Labute approximate surface area is 115 Å². The van der Waals surface area contributed by atoms with E-state index in [0.29, 0.717) is 11.6 Å². The Bertz CT molecular complexity index is 522. The van der Waals surface area contributed by atoms with Crippen molar-refractivity contribution in [2.24, 2.45) is 0 Å². The Morgan fingerprint density at radius 1 is 1.40 bits per heavy atom. The summed E-state index contributed by atoms with van der Waals surface area (Å²) in [6.45, 7) is 3.16. The molecule has 1 rings (SSSR count). The highest BCUT2D eigenvalue weighted by atomic mass is 16.5. The number of carbonyl (C=O) groups excluding carboxylic acids is 2. The first-order valence-corrected chi connectivity index (χ1v) is 5.89. The van der Waals surface area contributed by atoms with Crippen LogP contribution in [0.2, 0.25) is 0 Å². The molecule has 1 aromatic heterocycles. The summed E-state index contributed by atoms with van der Waals surface area (Å²) in [5, 5.41) is 11.3. The van der Waals surface area contributed by atoms with Crippen LogP contribution >= 0.6 is 0 Å². The molecule has 110 valence electrons. The number of aromatic nitrogens is 1. The quantitative estimate of drug-likeness (QED) is 0.727. The van der Waals surface area contributed by atoms with Crippen LogP contribution in [0.1, 0.15) is 35.0 Å². The van der Waals surface area contributed by atoms with E-state index in [4.69, 9.17) is 9.52 Å². The van der Waals surface area contributed by atoms with Crippen LogP contribution in [0.4, 0.5) is 0 Å². The number of hydrogen-bond acceptors (Lipinski definition) is 6. The first-order valence-electron chi connectivity index (χ1n) is 5.89. The minimum atomic E-state index is -1.24. The maximum Gasteiger partial charge on any atom is 0.326 e. The lowest BCUT2D eigenvalue weighted by molar-refractivity contribution is -0.142. The normalized spacial score (nSPS) is 11.8. The van der Waals surface area contributed by atoms with Crippen molar-refractivity contribution in [3.8, 4) is 0 Å². The molecule has 1 aromatic rings. The number of rotatable bonds is 6. The van der Waals surface area contributed by atoms with Gasteiger partial charge in [-0.2, -0.15) is 0 Å². The molecule has 1 amide bonds. The number of methoxy groups -OCH3 is 1. The number of carboxylic acid groups (broad SMARTS) is 1. The predicted molar refractivity (Wildman–Crippen MR) is 66.1 cm³/mol. The third kappa shape index (κ3) is 4.08. The zero-order valence-electron chi connectivity index (χ0n) is 11.4. The van der Waals surface area contributed by atoms with Crippen molar-refractivity contribution in [1.82, 2.24) is 10.3 Å². The van der Waals surface area contributed by atoms with E-state index >= 15 is 0 Å². The molecule has 0 aliphatic carbocycles. The summed E-state index contributed by atoms with van der Waals surface area (Å²) in [6, 6.07) is -1.20. The zero-order valence-corrected chi connectivity index (χ0v) is 11.4. The highest BCUT2D eigenvalue weighted by molar-refractivity contribution is 5.95. The number of aryl methyl sites for hydroxylation is 2. The van der Waals surface area contributed by atoms with E-state index in [1.165, 1.54) is 7.11 Å². The number of nitrogens with one attached hydrogen (secondary N) is 1. The predicted octanol–water partition coefficient (Wildman–Crippen LogP) is 0.428. The molecule has 0 aliphatic rings. The van der Waals surface area contributed by atoms with E-state index < -0.39 is 23.9 Å². The van der Waals surface area contributed by atoms with Gasteiger partial charge in [0.15, 0.2) is 5.89 Å². The fourth-order valence-electron chi connectivity index (χ4n) is 1.59. The number of ether oxygens (including phenoxy) is 1. The number of esters is 1. The second-order valence-corrected chi connectivity index (χ2v) is 4.13. The van der Waals surface area contributed by atoms with Gasteiger partial charge in [0.2, 0.25) is 5.76 Å². The Balaban J connectivity index is 2.70. The Morgan fingerprint density at radius 2 is 2.05 bits per heavy atom. The minimum Gasteiger partial charge on any atom is -0.480 e. The smallest absolute Gasteiger partial charge is 0.326 e. The standard InChI is InChI=1S/C12H16N2O6/c1-6-10(20-7(2)13-6)11(16)14-8(12(17)18)4-5-9(15)19-3/h8H,4-5H2,1-3H3,(H,14,16)(H,17,18)/t8-/m1/s1. The monoisotopic (exact) mass is 284 g/mol. The van der Waals surface area contributed by atoms with Crippen molar-refractivity contribution in [1.29, 1.82) is 0 Å². The molecule has 0 bridgehead atoms. The molecule has 0 unspecified atom stereocenters. The fraction of sp³-hybridized carbons (Fsp3) is 0.500. The van der Waals surface area contributed by atoms with Crippen LogP contribution in [-0.2, 0) is 14.3 Å². The maximum atomic E-state index is 11.9. The van der Waals surface area contributed by atoms with E-state index in [1.54, 1.807) is 13.8 Å². The highest BCUT2D eigenvalue weighted by Gasteiger charge is 2.24. The summed E-state index contributed by atoms with van der Waals surface area (Å²) in [6.07, 6.45) is -0.178. The number of nitrogens with zero attached hydrogens (tertiary/aromatic N) is 1. The van der Waals surface area contributed by atoms with Gasteiger partial charge in [-0.15, -0.1) is 0 Å². The van der Waals surface area contributed by atoms with Crippen molar-refractivity contribution in [3.05, 3.63) is 17.3 Å². The molecule has 0 spiro atoms. The van der Waals surface area contributed by atoms with Gasteiger partial charge in [0.05, 0.1) is 12.8 Å². The average molecular weight is 284 g/mol. The number of carboxylic acids is 1.